The van der Waals surface area contributed by atoms with Gasteiger partial charge < -0.3 is 0 Å². The zero-order valence-corrected chi connectivity index (χ0v) is 8.88. The second-order valence-corrected chi connectivity index (χ2v) is 3.97. The molecule has 0 radical (unpaired) electrons. The minimum atomic E-state index is -0.123. The van der Waals surface area contributed by atoms with E-state index < -0.39 is 0 Å². The third-order valence-electron chi connectivity index (χ3n) is 2.81. The van der Waals surface area contributed by atoms with E-state index >= 15 is 0 Å². The fourth-order valence-electron chi connectivity index (χ4n) is 1.89. The van der Waals surface area contributed by atoms with Gasteiger partial charge in [-0.3, -0.25) is 5.43 Å². The van der Waals surface area contributed by atoms with E-state index in [0.29, 0.717) is 6.54 Å². The van der Waals surface area contributed by atoms with Gasteiger partial charge >= 0.3 is 0 Å². The first-order chi connectivity index (χ1) is 7.36. The number of hydrogen-bond donors (Lipinski definition) is 1. The molecule has 1 aromatic carbocycles. The van der Waals surface area contributed by atoms with Gasteiger partial charge in [-0.1, -0.05) is 24.6 Å². The van der Waals surface area contributed by atoms with E-state index in [-0.39, 0.29) is 5.82 Å². The Kier molecular flexibility index (Phi) is 3.69. The summed E-state index contributed by atoms with van der Waals surface area (Å²) in [6, 6.07) is 6.93. The molecule has 1 fully saturated rings. The molecule has 1 heterocycles. The normalized spacial score (nSPS) is 17.9. The fraction of sp³-hybridized carbons (Fsp3) is 0.500. The first kappa shape index (κ1) is 10.6. The third kappa shape index (κ3) is 3.01. The quantitative estimate of drug-likeness (QED) is 0.820. The summed E-state index contributed by atoms with van der Waals surface area (Å²) in [7, 11) is 0. The summed E-state index contributed by atoms with van der Waals surface area (Å²) in [5.74, 6) is -0.123. The molecule has 0 amide bonds. The molecule has 0 saturated carbocycles. The van der Waals surface area contributed by atoms with Gasteiger partial charge in [-0.15, -0.1) is 0 Å². The number of benzene rings is 1. The molecule has 0 aromatic heterocycles. The van der Waals surface area contributed by atoms with Gasteiger partial charge in [-0.25, -0.2) is 9.40 Å². The molecule has 2 rings (SSSR count). The Morgan fingerprint density at radius 1 is 1.13 bits per heavy atom. The first-order valence-corrected chi connectivity index (χ1v) is 5.58. The van der Waals surface area contributed by atoms with Crippen molar-refractivity contribution in [2.75, 3.05) is 13.1 Å². The van der Waals surface area contributed by atoms with Crippen LogP contribution < -0.4 is 5.43 Å². The van der Waals surface area contributed by atoms with Crippen molar-refractivity contribution >= 4 is 0 Å². The highest BCUT2D eigenvalue weighted by Gasteiger charge is 2.09. The molecule has 3 heteroatoms. The molecule has 1 aliphatic heterocycles. The van der Waals surface area contributed by atoms with Gasteiger partial charge in [0.15, 0.2) is 0 Å². The average molecular weight is 208 g/mol. The summed E-state index contributed by atoms with van der Waals surface area (Å²) < 4.78 is 13.3. The van der Waals surface area contributed by atoms with Crippen LogP contribution in [0.1, 0.15) is 24.8 Å². The van der Waals surface area contributed by atoms with Crippen molar-refractivity contribution in [3.05, 3.63) is 35.6 Å². The molecule has 1 saturated heterocycles. The van der Waals surface area contributed by atoms with E-state index in [1.807, 2.05) is 12.1 Å². The number of hydrazine groups is 1. The predicted molar refractivity (Wildman–Crippen MR) is 58.7 cm³/mol. The Labute approximate surface area is 90.1 Å². The van der Waals surface area contributed by atoms with Gasteiger partial charge in [0.1, 0.15) is 5.82 Å². The fourth-order valence-corrected chi connectivity index (χ4v) is 1.89. The molecule has 82 valence electrons. The number of rotatable bonds is 3. The molecule has 0 unspecified atom stereocenters. The lowest BCUT2D eigenvalue weighted by molar-refractivity contribution is 0.150. The molecule has 0 spiro atoms. The van der Waals surface area contributed by atoms with Crippen LogP contribution in [0.2, 0.25) is 0 Å². The predicted octanol–water partition coefficient (Wildman–Crippen LogP) is 2.32. The smallest absolute Gasteiger partial charge is 0.127 e. The van der Waals surface area contributed by atoms with Gasteiger partial charge in [-0.2, -0.15) is 0 Å². The van der Waals surface area contributed by atoms with Crippen molar-refractivity contribution in [1.82, 2.24) is 10.4 Å². The van der Waals surface area contributed by atoms with Crippen molar-refractivity contribution in [1.29, 1.82) is 0 Å². The maximum atomic E-state index is 13.3. The van der Waals surface area contributed by atoms with Crippen molar-refractivity contribution in [3.8, 4) is 0 Å². The SMILES string of the molecule is Fc1ccccc1CNN1CCCCC1. The second-order valence-electron chi connectivity index (χ2n) is 3.97. The van der Waals surface area contributed by atoms with E-state index in [9.17, 15) is 4.39 Å². The van der Waals surface area contributed by atoms with Crippen molar-refractivity contribution in [2.24, 2.45) is 0 Å². The highest BCUT2D eigenvalue weighted by atomic mass is 19.1. The largest absolute Gasteiger partial charge is 0.251 e. The topological polar surface area (TPSA) is 15.3 Å². The maximum absolute atomic E-state index is 13.3. The van der Waals surface area contributed by atoms with Gasteiger partial charge in [-0.05, 0) is 18.9 Å². The number of nitrogens with one attached hydrogen (secondary N) is 1. The van der Waals surface area contributed by atoms with Crippen LogP contribution in [0.15, 0.2) is 24.3 Å². The molecule has 0 bridgehead atoms. The summed E-state index contributed by atoms with van der Waals surface area (Å²) in [5.41, 5.74) is 4.01. The van der Waals surface area contributed by atoms with E-state index in [0.717, 1.165) is 18.7 Å². The van der Waals surface area contributed by atoms with Crippen LogP contribution in [-0.4, -0.2) is 18.1 Å². The van der Waals surface area contributed by atoms with Crippen LogP contribution in [0.25, 0.3) is 0 Å². The summed E-state index contributed by atoms with van der Waals surface area (Å²) in [6.45, 7) is 2.75. The van der Waals surface area contributed by atoms with Crippen LogP contribution in [0.3, 0.4) is 0 Å². The van der Waals surface area contributed by atoms with Crippen LogP contribution in [0, 0.1) is 5.82 Å². The lowest BCUT2D eigenvalue weighted by Crippen LogP contribution is -2.41. The van der Waals surface area contributed by atoms with Crippen LogP contribution in [0.4, 0.5) is 4.39 Å². The van der Waals surface area contributed by atoms with Gasteiger partial charge in [0.05, 0.1) is 0 Å². The zero-order chi connectivity index (χ0) is 10.5. The molecule has 0 aliphatic carbocycles. The van der Waals surface area contributed by atoms with Crippen molar-refractivity contribution in [3.63, 3.8) is 0 Å². The van der Waals surface area contributed by atoms with Crippen LogP contribution in [-0.2, 0) is 6.54 Å². The Morgan fingerprint density at radius 3 is 2.60 bits per heavy atom. The minimum absolute atomic E-state index is 0.123. The number of nitrogens with zero attached hydrogens (tertiary/aromatic N) is 1. The number of piperidine rings is 1. The van der Waals surface area contributed by atoms with E-state index in [2.05, 4.69) is 10.4 Å². The standard InChI is InChI=1S/C12H17FN2/c13-12-7-3-2-6-11(12)10-14-15-8-4-1-5-9-15/h2-3,6-7,14H,1,4-5,8-10H2. The molecule has 15 heavy (non-hydrogen) atoms. The van der Waals surface area contributed by atoms with E-state index in [1.54, 1.807) is 6.07 Å². The number of hydrogen-bond acceptors (Lipinski definition) is 2. The Bertz CT molecular complexity index is 308. The molecular weight excluding hydrogens is 191 g/mol. The Morgan fingerprint density at radius 2 is 1.87 bits per heavy atom. The van der Waals surface area contributed by atoms with Crippen molar-refractivity contribution in [2.45, 2.75) is 25.8 Å². The highest BCUT2D eigenvalue weighted by Crippen LogP contribution is 2.09. The maximum Gasteiger partial charge on any atom is 0.127 e. The molecular formula is C12H17FN2. The molecule has 1 N–H and O–H groups in total. The lowest BCUT2D eigenvalue weighted by Gasteiger charge is -2.27. The summed E-state index contributed by atoms with van der Waals surface area (Å²) in [5, 5.41) is 2.19. The zero-order valence-electron chi connectivity index (χ0n) is 8.88. The van der Waals surface area contributed by atoms with Crippen molar-refractivity contribution < 1.29 is 4.39 Å². The molecule has 2 nitrogen and oxygen atoms in total. The van der Waals surface area contributed by atoms with Gasteiger partial charge in [0.2, 0.25) is 0 Å². The monoisotopic (exact) mass is 208 g/mol. The average Bonchev–Trinajstić information content (AvgIpc) is 2.29. The van der Waals surface area contributed by atoms with Gasteiger partial charge in [0.25, 0.3) is 0 Å². The van der Waals surface area contributed by atoms with Gasteiger partial charge in [0, 0.05) is 25.2 Å². The lowest BCUT2D eigenvalue weighted by atomic mass is 10.2. The van der Waals surface area contributed by atoms with Crippen LogP contribution >= 0.6 is 0 Å². The Hall–Kier alpha value is -0.930. The van der Waals surface area contributed by atoms with Crippen LogP contribution in [0.5, 0.6) is 0 Å². The number of halogens is 1. The third-order valence-corrected chi connectivity index (χ3v) is 2.81. The molecule has 1 aliphatic rings. The summed E-state index contributed by atoms with van der Waals surface area (Å²) in [4.78, 5) is 0. The Balaban J connectivity index is 1.84. The second kappa shape index (κ2) is 5.24. The summed E-state index contributed by atoms with van der Waals surface area (Å²) in [6.07, 6.45) is 3.80. The highest BCUT2D eigenvalue weighted by molar-refractivity contribution is 5.16. The van der Waals surface area contributed by atoms with E-state index in [1.165, 1.54) is 25.3 Å². The minimum Gasteiger partial charge on any atom is -0.251 e. The summed E-state index contributed by atoms with van der Waals surface area (Å²) >= 11 is 0. The molecule has 1 aromatic rings. The molecule has 0 atom stereocenters. The first-order valence-electron chi connectivity index (χ1n) is 5.58. The van der Waals surface area contributed by atoms with E-state index in [4.69, 9.17) is 0 Å².